The molecule has 9 heteroatoms. The van der Waals surface area contributed by atoms with Crippen molar-refractivity contribution in [2.75, 3.05) is 7.11 Å². The molecule has 0 saturated heterocycles. The van der Waals surface area contributed by atoms with Crippen molar-refractivity contribution in [1.29, 1.82) is 0 Å². The van der Waals surface area contributed by atoms with Gasteiger partial charge < -0.3 is 10.5 Å². The van der Waals surface area contributed by atoms with Gasteiger partial charge in [0, 0.05) is 18.0 Å². The van der Waals surface area contributed by atoms with Gasteiger partial charge in [-0.05, 0) is 45.5 Å². The third kappa shape index (κ3) is 4.57. The monoisotopic (exact) mass is 386 g/mol. The van der Waals surface area contributed by atoms with E-state index in [-0.39, 0.29) is 12.6 Å². The lowest BCUT2D eigenvalue weighted by Gasteiger charge is -2.18. The zero-order chi connectivity index (χ0) is 19.2. The van der Waals surface area contributed by atoms with E-state index in [4.69, 9.17) is 10.5 Å². The lowest BCUT2D eigenvalue weighted by molar-refractivity contribution is -0.141. The maximum atomic E-state index is 11.7. The minimum atomic E-state index is -0.402. The molecule has 0 saturated carbocycles. The predicted molar refractivity (Wildman–Crippen MR) is 102 cm³/mol. The van der Waals surface area contributed by atoms with Gasteiger partial charge in [-0.3, -0.25) is 10.1 Å². The summed E-state index contributed by atoms with van der Waals surface area (Å²) in [4.78, 5) is 12.8. The molecule has 27 heavy (non-hydrogen) atoms. The Balaban J connectivity index is 1.88. The van der Waals surface area contributed by atoms with Gasteiger partial charge in [-0.25, -0.2) is 4.68 Å². The van der Waals surface area contributed by atoms with E-state index in [1.165, 1.54) is 11.8 Å². The Labute approximate surface area is 161 Å². The molecule has 0 amide bonds. The molecule has 0 aliphatic heterocycles. The molecule has 3 aromatic rings. The molecule has 0 fully saturated rings. The molecule has 0 aliphatic rings. The van der Waals surface area contributed by atoms with Gasteiger partial charge in [-0.2, -0.15) is 0 Å². The second kappa shape index (κ2) is 8.85. The summed E-state index contributed by atoms with van der Waals surface area (Å²) < 4.78 is 6.21. The molecule has 3 N–H and O–H groups in total. The summed E-state index contributed by atoms with van der Waals surface area (Å²) in [5, 5.41) is 17.4. The number of rotatable bonds is 8. The number of esters is 1. The summed E-state index contributed by atoms with van der Waals surface area (Å²) in [5.41, 5.74) is 9.07. The van der Waals surface area contributed by atoms with E-state index in [0.29, 0.717) is 18.9 Å². The number of ether oxygens (including phenoxy) is 1. The van der Waals surface area contributed by atoms with Crippen molar-refractivity contribution >= 4 is 17.3 Å². The number of aromatic nitrogens is 4. The van der Waals surface area contributed by atoms with Gasteiger partial charge in [-0.15, -0.1) is 16.4 Å². The van der Waals surface area contributed by atoms with Crippen LogP contribution in [0.4, 0.5) is 0 Å². The first kappa shape index (κ1) is 19.2. The molecule has 1 aromatic carbocycles. The molecule has 0 aliphatic carbocycles. The normalized spacial score (nSPS) is 12.1. The van der Waals surface area contributed by atoms with Gasteiger partial charge in [0.05, 0.1) is 7.11 Å². The number of methoxy groups -OCH3 is 1. The van der Waals surface area contributed by atoms with Crippen LogP contribution in [0.1, 0.15) is 33.4 Å². The van der Waals surface area contributed by atoms with Crippen molar-refractivity contribution in [2.45, 2.75) is 32.6 Å². The first-order chi connectivity index (χ1) is 13.1. The number of carbonyl (C=O) groups is 1. The average molecular weight is 386 g/mol. The van der Waals surface area contributed by atoms with Crippen LogP contribution in [0.3, 0.4) is 0 Å². The number of nitrogens with one attached hydrogen (secondary N) is 1. The molecule has 0 radical (unpaired) electrons. The Kier molecular flexibility index (Phi) is 6.28. The highest BCUT2D eigenvalue weighted by Gasteiger charge is 2.24. The van der Waals surface area contributed by atoms with Crippen LogP contribution in [0.15, 0.2) is 35.7 Å². The van der Waals surface area contributed by atoms with Gasteiger partial charge in [0.1, 0.15) is 12.6 Å². The van der Waals surface area contributed by atoms with Crippen molar-refractivity contribution in [1.82, 2.24) is 25.5 Å². The van der Waals surface area contributed by atoms with Crippen LogP contribution in [0, 0.1) is 6.92 Å². The topological polar surface area (TPSA) is 108 Å². The molecular weight excluding hydrogens is 364 g/mol. The van der Waals surface area contributed by atoms with E-state index < -0.39 is 5.97 Å². The Hall–Kier alpha value is -2.62. The van der Waals surface area contributed by atoms with Gasteiger partial charge in [-0.1, -0.05) is 24.3 Å². The number of hydrogen-bond acceptors (Lipinski definition) is 8. The fraction of sp³-hybridized carbons (Fsp3) is 0.333. The highest BCUT2D eigenvalue weighted by molar-refractivity contribution is 7.10. The fourth-order valence-corrected chi connectivity index (χ4v) is 3.78. The number of tetrazole rings is 1. The highest BCUT2D eigenvalue weighted by Crippen LogP contribution is 2.28. The smallest absolute Gasteiger partial charge is 0.327 e. The molecule has 3 rings (SSSR count). The minimum Gasteiger partial charge on any atom is -0.468 e. The van der Waals surface area contributed by atoms with Gasteiger partial charge in [0.2, 0.25) is 0 Å². The maximum Gasteiger partial charge on any atom is 0.327 e. The molecule has 2 heterocycles. The number of nitrogens with two attached hydrogens (primary N) is 1. The maximum absolute atomic E-state index is 11.7. The summed E-state index contributed by atoms with van der Waals surface area (Å²) in [7, 11) is 1.34. The van der Waals surface area contributed by atoms with Gasteiger partial charge in [0.15, 0.2) is 5.82 Å². The van der Waals surface area contributed by atoms with Crippen LogP contribution in [-0.2, 0) is 29.2 Å². The van der Waals surface area contributed by atoms with E-state index in [0.717, 1.165) is 21.6 Å². The van der Waals surface area contributed by atoms with E-state index in [1.54, 1.807) is 11.3 Å². The van der Waals surface area contributed by atoms with E-state index in [1.807, 2.05) is 30.5 Å². The first-order valence-electron chi connectivity index (χ1n) is 8.50. The average Bonchev–Trinajstić information content (AvgIpc) is 3.32. The summed E-state index contributed by atoms with van der Waals surface area (Å²) in [5.74, 6) is 0.168. The molecule has 2 aromatic heterocycles. The quantitative estimate of drug-likeness (QED) is 0.566. The highest BCUT2D eigenvalue weighted by atomic mass is 32.1. The Morgan fingerprint density at radius 2 is 2.19 bits per heavy atom. The van der Waals surface area contributed by atoms with Gasteiger partial charge >= 0.3 is 5.97 Å². The van der Waals surface area contributed by atoms with Gasteiger partial charge in [0.25, 0.3) is 0 Å². The van der Waals surface area contributed by atoms with Crippen LogP contribution >= 0.6 is 11.3 Å². The number of nitrogens with zero attached hydrogens (tertiary/aromatic N) is 4. The lowest BCUT2D eigenvalue weighted by atomic mass is 10.1. The number of carbonyl (C=O) groups excluding carboxylic acids is 1. The minimum absolute atomic E-state index is 0.0376. The lowest BCUT2D eigenvalue weighted by Crippen LogP contribution is -2.27. The Morgan fingerprint density at radius 1 is 1.37 bits per heavy atom. The largest absolute Gasteiger partial charge is 0.468 e. The van der Waals surface area contributed by atoms with Crippen LogP contribution in [0.2, 0.25) is 0 Å². The van der Waals surface area contributed by atoms with Crippen molar-refractivity contribution in [3.05, 3.63) is 63.1 Å². The fourth-order valence-electron chi connectivity index (χ4n) is 2.79. The van der Waals surface area contributed by atoms with Crippen LogP contribution in [0.5, 0.6) is 0 Å². The van der Waals surface area contributed by atoms with Crippen molar-refractivity contribution in [3.63, 3.8) is 0 Å². The first-order valence-corrected chi connectivity index (χ1v) is 9.38. The second-order valence-corrected chi connectivity index (χ2v) is 7.02. The zero-order valence-electron chi connectivity index (χ0n) is 15.3. The van der Waals surface area contributed by atoms with Crippen LogP contribution in [-0.4, -0.2) is 33.3 Å². The zero-order valence-corrected chi connectivity index (χ0v) is 16.1. The molecule has 1 atom stereocenters. The van der Waals surface area contributed by atoms with E-state index in [2.05, 4.69) is 33.0 Å². The number of hydrogen-bond donors (Lipinski definition) is 2. The summed E-state index contributed by atoms with van der Waals surface area (Å²) in [6.45, 7) is 3.12. The van der Waals surface area contributed by atoms with Crippen LogP contribution in [0.25, 0.3) is 0 Å². The number of thiophene rings is 1. The van der Waals surface area contributed by atoms with Crippen molar-refractivity contribution in [3.8, 4) is 0 Å². The van der Waals surface area contributed by atoms with Crippen molar-refractivity contribution in [2.24, 2.45) is 5.73 Å². The van der Waals surface area contributed by atoms with Crippen LogP contribution < -0.4 is 11.1 Å². The second-order valence-electron chi connectivity index (χ2n) is 6.08. The number of benzene rings is 1. The predicted octanol–water partition coefficient (Wildman–Crippen LogP) is 1.55. The van der Waals surface area contributed by atoms with E-state index in [9.17, 15) is 4.79 Å². The molecule has 1 unspecified atom stereocenters. The Bertz CT molecular complexity index is 907. The summed E-state index contributed by atoms with van der Waals surface area (Å²) >= 11 is 1.62. The SMILES string of the molecule is COC(=O)Cn1nnnc1C(NCc1cccc(CN)c1)c1sccc1C. The molecule has 0 spiro atoms. The molecular formula is C18H22N6O2S. The van der Waals surface area contributed by atoms with Crippen molar-refractivity contribution < 1.29 is 9.53 Å². The standard InChI is InChI=1S/C18H22N6O2S/c1-12-6-7-27-17(12)16(18-21-22-23-24(18)11-15(25)26-2)20-10-14-5-3-4-13(8-14)9-19/h3-8,16,20H,9-11,19H2,1-2H3. The van der Waals surface area contributed by atoms with E-state index >= 15 is 0 Å². The Morgan fingerprint density at radius 3 is 2.89 bits per heavy atom. The molecule has 142 valence electrons. The third-order valence-electron chi connectivity index (χ3n) is 4.23. The third-order valence-corrected chi connectivity index (χ3v) is 5.31. The molecule has 8 nitrogen and oxygen atoms in total. The summed E-state index contributed by atoms with van der Waals surface area (Å²) in [6.07, 6.45) is 0. The summed E-state index contributed by atoms with van der Waals surface area (Å²) in [6, 6.07) is 9.92. The number of aryl methyl sites for hydroxylation is 1. The molecule has 0 bridgehead atoms.